The summed E-state index contributed by atoms with van der Waals surface area (Å²) in [5, 5.41) is 4.00. The van der Waals surface area contributed by atoms with E-state index in [1.807, 2.05) is 0 Å². The third-order valence-electron chi connectivity index (χ3n) is 4.03. The highest BCUT2D eigenvalue weighted by Gasteiger charge is 2.58. The number of ether oxygens (including phenoxy) is 1. The van der Waals surface area contributed by atoms with Gasteiger partial charge in [0.1, 0.15) is 5.69 Å². The first-order valence-corrected chi connectivity index (χ1v) is 7.89. The Balaban J connectivity index is 1.91. The molecule has 0 saturated carbocycles. The van der Waals surface area contributed by atoms with Crippen LogP contribution in [0.15, 0.2) is 30.9 Å². The van der Waals surface area contributed by atoms with E-state index in [2.05, 4.69) is 15.1 Å². The third kappa shape index (κ3) is 3.41. The molecule has 3 heterocycles. The van der Waals surface area contributed by atoms with Gasteiger partial charge in [-0.1, -0.05) is 0 Å². The Bertz CT molecular complexity index is 806. The molecule has 1 atom stereocenters. The van der Waals surface area contributed by atoms with Gasteiger partial charge in [0.2, 0.25) is 0 Å². The van der Waals surface area contributed by atoms with Crippen molar-refractivity contribution in [3.05, 3.63) is 36.5 Å². The molecule has 26 heavy (non-hydrogen) atoms. The molecule has 0 aromatic carbocycles. The molecule has 3 rings (SSSR count). The topological polar surface area (TPSA) is 73.1 Å². The smallest absolute Gasteiger partial charge is 0.356 e. The highest BCUT2D eigenvalue weighted by atomic mass is 19.4. The van der Waals surface area contributed by atoms with Gasteiger partial charge in [-0.15, -0.1) is 0 Å². The van der Waals surface area contributed by atoms with Crippen LogP contribution >= 0.6 is 0 Å². The molecule has 1 amide bonds. The van der Waals surface area contributed by atoms with Crippen molar-refractivity contribution in [2.45, 2.75) is 38.1 Å². The predicted molar refractivity (Wildman–Crippen MR) is 84.7 cm³/mol. The molecule has 1 aliphatic heterocycles. The van der Waals surface area contributed by atoms with Crippen molar-refractivity contribution in [3.8, 4) is 5.82 Å². The molecule has 0 N–H and O–H groups in total. The zero-order valence-electron chi connectivity index (χ0n) is 14.5. The number of rotatable bonds is 2. The summed E-state index contributed by atoms with van der Waals surface area (Å²) in [7, 11) is 0. The Morgan fingerprint density at radius 3 is 2.58 bits per heavy atom. The van der Waals surface area contributed by atoms with E-state index in [0.29, 0.717) is 5.82 Å². The maximum Gasteiger partial charge on any atom is 0.418 e. The Hall–Kier alpha value is -2.49. The van der Waals surface area contributed by atoms with Gasteiger partial charge in [0.15, 0.2) is 11.4 Å². The van der Waals surface area contributed by atoms with E-state index in [1.165, 1.54) is 37.1 Å². The van der Waals surface area contributed by atoms with Crippen LogP contribution in [0.2, 0.25) is 0 Å². The van der Waals surface area contributed by atoms with E-state index < -0.39 is 29.8 Å². The lowest BCUT2D eigenvalue weighted by atomic mass is 9.96. The van der Waals surface area contributed by atoms with Crippen molar-refractivity contribution in [2.75, 3.05) is 13.1 Å². The van der Waals surface area contributed by atoms with Crippen LogP contribution < -0.4 is 0 Å². The largest absolute Gasteiger partial charge is 0.418 e. The normalized spacial score (nSPS) is 23.1. The fourth-order valence-electron chi connectivity index (χ4n) is 2.98. The number of hydrogen-bond donors (Lipinski definition) is 0. The monoisotopic (exact) mass is 369 g/mol. The summed E-state index contributed by atoms with van der Waals surface area (Å²) >= 11 is 0. The van der Waals surface area contributed by atoms with E-state index in [4.69, 9.17) is 4.74 Å². The average molecular weight is 369 g/mol. The predicted octanol–water partition coefficient (Wildman–Crippen LogP) is 2.23. The molecule has 1 saturated heterocycles. The summed E-state index contributed by atoms with van der Waals surface area (Å²) < 4.78 is 47.0. The Morgan fingerprint density at radius 1 is 1.23 bits per heavy atom. The van der Waals surface area contributed by atoms with Crippen LogP contribution in [0.4, 0.5) is 13.2 Å². The van der Waals surface area contributed by atoms with Gasteiger partial charge in [-0.25, -0.2) is 9.67 Å². The van der Waals surface area contributed by atoms with E-state index >= 15 is 0 Å². The highest BCUT2D eigenvalue weighted by molar-refractivity contribution is 5.92. The van der Waals surface area contributed by atoms with Crippen molar-refractivity contribution in [1.29, 1.82) is 0 Å². The third-order valence-corrected chi connectivity index (χ3v) is 4.03. The molecule has 0 aliphatic carbocycles. The quantitative estimate of drug-likeness (QED) is 0.812. The van der Waals surface area contributed by atoms with Crippen LogP contribution in [0.3, 0.4) is 0 Å². The minimum Gasteiger partial charge on any atom is -0.356 e. The van der Waals surface area contributed by atoms with E-state index in [9.17, 15) is 18.0 Å². The first kappa shape index (κ1) is 18.3. The van der Waals surface area contributed by atoms with Crippen LogP contribution in [-0.2, 0) is 4.74 Å². The number of amides is 1. The van der Waals surface area contributed by atoms with Crippen molar-refractivity contribution in [1.82, 2.24) is 24.6 Å². The van der Waals surface area contributed by atoms with Crippen LogP contribution in [0.5, 0.6) is 0 Å². The molecule has 7 nitrogen and oxygen atoms in total. The van der Waals surface area contributed by atoms with Gasteiger partial charge in [-0.3, -0.25) is 9.78 Å². The van der Waals surface area contributed by atoms with E-state index in [-0.39, 0.29) is 12.2 Å². The lowest BCUT2D eigenvalue weighted by molar-refractivity contribution is -0.318. The molecule has 10 heteroatoms. The summed E-state index contributed by atoms with van der Waals surface area (Å²) in [4.78, 5) is 22.0. The van der Waals surface area contributed by atoms with Crippen LogP contribution in [0.25, 0.3) is 5.82 Å². The van der Waals surface area contributed by atoms with Gasteiger partial charge in [0.05, 0.1) is 24.5 Å². The summed E-state index contributed by atoms with van der Waals surface area (Å²) in [6.45, 7) is 3.36. The van der Waals surface area contributed by atoms with Crippen molar-refractivity contribution < 1.29 is 22.7 Å². The molecule has 1 unspecified atom stereocenters. The average Bonchev–Trinajstić information content (AvgIpc) is 3.06. The first-order valence-electron chi connectivity index (χ1n) is 7.89. The van der Waals surface area contributed by atoms with Crippen LogP contribution in [0, 0.1) is 0 Å². The SMILES string of the molecule is CC1(C)CN(C(=O)c2cncc(-n3cccn3)n2)CC(C)(C(F)(F)F)O1. The standard InChI is InChI=1S/C16H18F3N5O2/c1-14(2)9-23(10-15(3,26-14)16(17,18)19)13(25)11-7-20-8-12(22-11)24-6-4-5-21-24/h4-8H,9-10H2,1-3H3. The van der Waals surface area contributed by atoms with E-state index in [0.717, 1.165) is 11.8 Å². The van der Waals surface area contributed by atoms with E-state index in [1.54, 1.807) is 12.3 Å². The number of alkyl halides is 3. The Kier molecular flexibility index (Phi) is 4.26. The zero-order valence-corrected chi connectivity index (χ0v) is 14.5. The molecule has 0 bridgehead atoms. The summed E-state index contributed by atoms with van der Waals surface area (Å²) in [5.41, 5.74) is -3.68. The fourth-order valence-corrected chi connectivity index (χ4v) is 2.98. The van der Waals surface area contributed by atoms with Crippen molar-refractivity contribution in [3.63, 3.8) is 0 Å². The number of hydrogen-bond acceptors (Lipinski definition) is 5. The second kappa shape index (κ2) is 6.04. The van der Waals surface area contributed by atoms with Gasteiger partial charge < -0.3 is 9.64 Å². The van der Waals surface area contributed by atoms with Gasteiger partial charge in [-0.2, -0.15) is 18.3 Å². The maximum atomic E-state index is 13.5. The molecule has 0 radical (unpaired) electrons. The van der Waals surface area contributed by atoms with Crippen LogP contribution in [0.1, 0.15) is 31.3 Å². The lowest BCUT2D eigenvalue weighted by Crippen LogP contribution is -2.65. The van der Waals surface area contributed by atoms with Crippen LogP contribution in [-0.4, -0.2) is 61.0 Å². The summed E-state index contributed by atoms with van der Waals surface area (Å²) in [6, 6.07) is 1.68. The van der Waals surface area contributed by atoms with Crippen molar-refractivity contribution in [2.24, 2.45) is 0 Å². The Labute approximate surface area is 147 Å². The lowest BCUT2D eigenvalue weighted by Gasteiger charge is -2.48. The van der Waals surface area contributed by atoms with Gasteiger partial charge in [0, 0.05) is 18.9 Å². The van der Waals surface area contributed by atoms with Gasteiger partial charge >= 0.3 is 6.18 Å². The molecule has 2 aromatic rings. The van der Waals surface area contributed by atoms with Gasteiger partial charge in [-0.05, 0) is 26.8 Å². The second-order valence-electron chi connectivity index (χ2n) is 6.96. The molecule has 140 valence electrons. The second-order valence-corrected chi connectivity index (χ2v) is 6.96. The van der Waals surface area contributed by atoms with Gasteiger partial charge in [0.25, 0.3) is 5.91 Å². The Morgan fingerprint density at radius 2 is 1.96 bits per heavy atom. The minimum absolute atomic E-state index is 0.00514. The number of halogens is 3. The molecule has 1 fully saturated rings. The number of nitrogens with zero attached hydrogens (tertiary/aromatic N) is 5. The fraction of sp³-hybridized carbons (Fsp3) is 0.500. The number of carbonyl (C=O) groups excluding carboxylic acids is 1. The number of carbonyl (C=O) groups is 1. The molecule has 1 aliphatic rings. The maximum absolute atomic E-state index is 13.5. The first-order chi connectivity index (χ1) is 12.0. The minimum atomic E-state index is -4.62. The summed E-state index contributed by atoms with van der Waals surface area (Å²) in [6.07, 6.45) is 1.17. The molecular weight excluding hydrogens is 351 g/mol. The molecule has 2 aromatic heterocycles. The summed E-state index contributed by atoms with van der Waals surface area (Å²) in [5.74, 6) is -0.342. The van der Waals surface area contributed by atoms with Crippen molar-refractivity contribution >= 4 is 5.91 Å². The molecule has 0 spiro atoms. The zero-order chi connectivity index (χ0) is 19.2. The molecular formula is C16H18F3N5O2. The highest BCUT2D eigenvalue weighted by Crippen LogP contribution is 2.40. The number of aromatic nitrogens is 4. The number of morpholine rings is 1.